The fraction of sp³-hybridized carbons (Fsp3) is 0.118. The third-order valence-electron chi connectivity index (χ3n) is 3.51. The Balaban J connectivity index is 1.70. The van der Waals surface area contributed by atoms with E-state index < -0.39 is 11.9 Å². The highest BCUT2D eigenvalue weighted by atomic mass is 16.5. The molecule has 0 fully saturated rings. The molecule has 2 heterocycles. The van der Waals surface area contributed by atoms with Crippen LogP contribution in [0.2, 0.25) is 0 Å². The average molecular weight is 309 g/mol. The predicted molar refractivity (Wildman–Crippen MR) is 84.0 cm³/mol. The number of primary amides is 1. The lowest BCUT2D eigenvalue weighted by atomic mass is 10.1. The van der Waals surface area contributed by atoms with Gasteiger partial charge in [-0.2, -0.15) is 0 Å². The molecule has 1 aromatic carbocycles. The van der Waals surface area contributed by atoms with Crippen LogP contribution in [0.5, 0.6) is 0 Å². The first-order valence-electron chi connectivity index (χ1n) is 7.05. The first-order chi connectivity index (χ1) is 11.0. The predicted octanol–water partition coefficient (Wildman–Crippen LogP) is 2.10. The number of nitrogens with zero attached hydrogens (tertiary/aromatic N) is 2. The van der Waals surface area contributed by atoms with Gasteiger partial charge in [0.05, 0.1) is 0 Å². The maximum Gasteiger partial charge on any atom is 0.358 e. The highest BCUT2D eigenvalue weighted by Crippen LogP contribution is 2.11. The highest BCUT2D eigenvalue weighted by molar-refractivity contribution is 5.92. The largest absolute Gasteiger partial charge is 0.456 e. The summed E-state index contributed by atoms with van der Waals surface area (Å²) in [5, 5.41) is 0. The van der Waals surface area contributed by atoms with Crippen LogP contribution in [0.15, 0.2) is 48.7 Å². The Bertz CT molecular complexity index is 882. The molecular weight excluding hydrogens is 294 g/mol. The summed E-state index contributed by atoms with van der Waals surface area (Å²) < 4.78 is 7.08. The summed E-state index contributed by atoms with van der Waals surface area (Å²) in [6.07, 6.45) is 1.66. The van der Waals surface area contributed by atoms with Crippen molar-refractivity contribution >= 4 is 17.5 Å². The molecule has 2 aromatic heterocycles. The van der Waals surface area contributed by atoms with Crippen molar-refractivity contribution in [3.63, 3.8) is 0 Å². The van der Waals surface area contributed by atoms with E-state index in [2.05, 4.69) is 4.98 Å². The van der Waals surface area contributed by atoms with E-state index in [0.717, 1.165) is 11.3 Å². The van der Waals surface area contributed by atoms with Gasteiger partial charge in [-0.15, -0.1) is 0 Å². The fourth-order valence-electron chi connectivity index (χ4n) is 2.23. The molecule has 3 aromatic rings. The lowest BCUT2D eigenvalue weighted by Crippen LogP contribution is -2.11. The Labute approximate surface area is 132 Å². The molecule has 0 saturated heterocycles. The van der Waals surface area contributed by atoms with E-state index in [1.807, 2.05) is 29.5 Å². The lowest BCUT2D eigenvalue weighted by molar-refractivity contribution is 0.0466. The number of aryl methyl sites for hydroxylation is 1. The molecular formula is C17H15N3O3. The Morgan fingerprint density at radius 2 is 1.91 bits per heavy atom. The molecule has 0 spiro atoms. The Morgan fingerprint density at radius 1 is 1.17 bits per heavy atom. The van der Waals surface area contributed by atoms with Crippen molar-refractivity contribution in [1.29, 1.82) is 0 Å². The number of carbonyl (C=O) groups is 2. The van der Waals surface area contributed by atoms with Gasteiger partial charge in [-0.25, -0.2) is 9.78 Å². The van der Waals surface area contributed by atoms with Gasteiger partial charge in [-0.1, -0.05) is 18.2 Å². The van der Waals surface area contributed by atoms with Crippen LogP contribution in [0, 0.1) is 6.92 Å². The van der Waals surface area contributed by atoms with Crippen LogP contribution < -0.4 is 5.73 Å². The van der Waals surface area contributed by atoms with Gasteiger partial charge in [0.1, 0.15) is 12.3 Å². The number of fused-ring (bicyclic) bond motifs is 1. The number of esters is 1. The van der Waals surface area contributed by atoms with Crippen LogP contribution in [-0.4, -0.2) is 21.3 Å². The standard InChI is InChI=1S/C17H15N3O3/c1-11-3-2-4-15-19-14(9-20(11)15)17(22)23-10-12-5-7-13(8-6-12)16(18)21/h2-9H,10H2,1H3,(H2,18,21). The zero-order chi connectivity index (χ0) is 16.4. The van der Waals surface area contributed by atoms with Gasteiger partial charge >= 0.3 is 5.97 Å². The summed E-state index contributed by atoms with van der Waals surface area (Å²) in [6.45, 7) is 2.04. The average Bonchev–Trinajstić information content (AvgIpc) is 2.99. The zero-order valence-corrected chi connectivity index (χ0v) is 12.5. The quantitative estimate of drug-likeness (QED) is 0.748. The molecule has 3 rings (SSSR count). The second-order valence-electron chi connectivity index (χ2n) is 5.16. The summed E-state index contributed by atoms with van der Waals surface area (Å²) in [5.41, 5.74) is 8.29. The Hall–Kier alpha value is -3.15. The van der Waals surface area contributed by atoms with Crippen molar-refractivity contribution in [2.24, 2.45) is 5.73 Å². The number of imidazole rings is 1. The van der Waals surface area contributed by atoms with Gasteiger partial charge in [0, 0.05) is 17.5 Å². The van der Waals surface area contributed by atoms with E-state index in [1.165, 1.54) is 0 Å². The number of amides is 1. The number of carbonyl (C=O) groups excluding carboxylic acids is 2. The third-order valence-corrected chi connectivity index (χ3v) is 3.51. The minimum atomic E-state index is -0.493. The minimum Gasteiger partial charge on any atom is -0.456 e. The van der Waals surface area contributed by atoms with Crippen molar-refractivity contribution in [3.05, 3.63) is 71.2 Å². The number of nitrogens with two attached hydrogens (primary N) is 1. The third kappa shape index (κ3) is 3.06. The molecule has 0 aliphatic heterocycles. The molecule has 116 valence electrons. The Morgan fingerprint density at radius 3 is 2.57 bits per heavy atom. The molecule has 0 radical (unpaired) electrons. The maximum absolute atomic E-state index is 12.1. The van der Waals surface area contributed by atoms with Crippen molar-refractivity contribution in [2.45, 2.75) is 13.5 Å². The molecule has 0 aliphatic rings. The minimum absolute atomic E-state index is 0.102. The van der Waals surface area contributed by atoms with Crippen LogP contribution in [0.4, 0.5) is 0 Å². The van der Waals surface area contributed by atoms with Gasteiger partial charge < -0.3 is 14.9 Å². The summed E-state index contributed by atoms with van der Waals surface area (Å²) in [4.78, 5) is 27.4. The summed E-state index contributed by atoms with van der Waals surface area (Å²) in [7, 11) is 0. The zero-order valence-electron chi connectivity index (χ0n) is 12.5. The smallest absolute Gasteiger partial charge is 0.358 e. The van der Waals surface area contributed by atoms with Gasteiger partial charge in [-0.3, -0.25) is 4.79 Å². The number of hydrogen-bond donors (Lipinski definition) is 1. The van der Waals surface area contributed by atoms with Crippen LogP contribution in [0.25, 0.3) is 5.65 Å². The number of ether oxygens (including phenoxy) is 1. The summed E-state index contributed by atoms with van der Waals surface area (Å²) in [6, 6.07) is 12.2. The van der Waals surface area contributed by atoms with E-state index in [1.54, 1.807) is 30.5 Å². The topological polar surface area (TPSA) is 86.7 Å². The van der Waals surface area contributed by atoms with Crippen LogP contribution in [0.1, 0.15) is 32.1 Å². The van der Waals surface area contributed by atoms with Crippen LogP contribution >= 0.6 is 0 Å². The molecule has 0 atom stereocenters. The van der Waals surface area contributed by atoms with Crippen molar-refractivity contribution < 1.29 is 14.3 Å². The molecule has 0 aliphatic carbocycles. The first kappa shape index (κ1) is 14.8. The monoisotopic (exact) mass is 309 g/mol. The van der Waals surface area contributed by atoms with E-state index >= 15 is 0 Å². The van der Waals surface area contributed by atoms with Crippen molar-refractivity contribution in [1.82, 2.24) is 9.38 Å². The number of aromatic nitrogens is 2. The number of rotatable bonds is 4. The van der Waals surface area contributed by atoms with Gasteiger partial charge in [-0.05, 0) is 36.8 Å². The van der Waals surface area contributed by atoms with Gasteiger partial charge in [0.25, 0.3) is 0 Å². The van der Waals surface area contributed by atoms with Gasteiger partial charge in [0.15, 0.2) is 5.69 Å². The van der Waals surface area contributed by atoms with Crippen LogP contribution in [0.3, 0.4) is 0 Å². The van der Waals surface area contributed by atoms with Gasteiger partial charge in [0.2, 0.25) is 5.91 Å². The number of benzene rings is 1. The molecule has 23 heavy (non-hydrogen) atoms. The number of hydrogen-bond acceptors (Lipinski definition) is 4. The Kier molecular flexibility index (Phi) is 3.80. The van der Waals surface area contributed by atoms with E-state index in [9.17, 15) is 9.59 Å². The molecule has 0 bridgehead atoms. The molecule has 6 nitrogen and oxygen atoms in total. The van der Waals surface area contributed by atoms with Crippen molar-refractivity contribution in [3.8, 4) is 0 Å². The summed E-state index contributed by atoms with van der Waals surface area (Å²) >= 11 is 0. The van der Waals surface area contributed by atoms with E-state index in [4.69, 9.17) is 10.5 Å². The van der Waals surface area contributed by atoms with Crippen LogP contribution in [-0.2, 0) is 11.3 Å². The molecule has 0 saturated carbocycles. The molecule has 1 amide bonds. The second kappa shape index (κ2) is 5.92. The lowest BCUT2D eigenvalue weighted by Gasteiger charge is -2.03. The maximum atomic E-state index is 12.1. The number of pyridine rings is 1. The molecule has 0 unspecified atom stereocenters. The van der Waals surface area contributed by atoms with E-state index in [0.29, 0.717) is 11.2 Å². The molecule has 2 N–H and O–H groups in total. The summed E-state index contributed by atoms with van der Waals surface area (Å²) in [5.74, 6) is -0.985. The first-order valence-corrected chi connectivity index (χ1v) is 7.05. The highest BCUT2D eigenvalue weighted by Gasteiger charge is 2.13. The second-order valence-corrected chi connectivity index (χ2v) is 5.16. The molecule has 6 heteroatoms. The van der Waals surface area contributed by atoms with Crippen molar-refractivity contribution in [2.75, 3.05) is 0 Å². The normalized spacial score (nSPS) is 10.7. The fourth-order valence-corrected chi connectivity index (χ4v) is 2.23. The SMILES string of the molecule is Cc1cccc2nc(C(=O)OCc3ccc(C(N)=O)cc3)cn12. The van der Waals surface area contributed by atoms with E-state index in [-0.39, 0.29) is 12.3 Å².